The topological polar surface area (TPSA) is 80.4 Å². The Bertz CT molecular complexity index is 343. The van der Waals surface area contributed by atoms with Crippen LogP contribution < -0.4 is 15.5 Å². The van der Waals surface area contributed by atoms with Crippen LogP contribution in [0.4, 0.5) is 17.8 Å². The van der Waals surface area contributed by atoms with Crippen LogP contribution in [0.15, 0.2) is 0 Å². The number of anilines is 3. The fourth-order valence-corrected chi connectivity index (χ4v) is 1.07. The summed E-state index contributed by atoms with van der Waals surface area (Å²) in [6.07, 6.45) is 0. The number of hydrogen-bond donors (Lipinski definition) is 1. The van der Waals surface area contributed by atoms with Crippen LogP contribution in [0.2, 0.25) is 0 Å². The van der Waals surface area contributed by atoms with Crippen molar-refractivity contribution < 1.29 is 4.74 Å². The van der Waals surface area contributed by atoms with Gasteiger partial charge in [-0.25, -0.2) is 0 Å². The molecule has 0 bridgehead atoms. The Morgan fingerprint density at radius 1 is 1.12 bits per heavy atom. The van der Waals surface area contributed by atoms with Crippen molar-refractivity contribution in [1.29, 1.82) is 0 Å². The minimum absolute atomic E-state index is 0.220. The number of rotatable bonds is 5. The minimum atomic E-state index is 0.220. The van der Waals surface area contributed by atoms with Crippen LogP contribution in [0.5, 0.6) is 0 Å². The molecule has 2 N–H and O–H groups in total. The molecule has 0 aliphatic carbocycles. The second kappa shape index (κ2) is 5.45. The van der Waals surface area contributed by atoms with Gasteiger partial charge in [-0.05, 0) is 0 Å². The molecule has 0 unspecified atom stereocenters. The van der Waals surface area contributed by atoms with Gasteiger partial charge in [0.05, 0.1) is 6.61 Å². The van der Waals surface area contributed by atoms with Gasteiger partial charge >= 0.3 is 0 Å². The lowest BCUT2D eigenvalue weighted by atomic mass is 10.6. The third-order valence-corrected chi connectivity index (χ3v) is 2.00. The largest absolute Gasteiger partial charge is 0.383 e. The first-order valence-electron chi connectivity index (χ1n) is 4.93. The van der Waals surface area contributed by atoms with Gasteiger partial charge in [-0.3, -0.25) is 0 Å². The molecule has 1 aromatic heterocycles. The van der Waals surface area contributed by atoms with Crippen LogP contribution in [0, 0.1) is 0 Å². The number of nitrogens with two attached hydrogens (primary N) is 1. The molecule has 0 fully saturated rings. The van der Waals surface area contributed by atoms with Gasteiger partial charge in [0.15, 0.2) is 0 Å². The Labute approximate surface area is 95.3 Å². The molecule has 0 saturated carbocycles. The Kier molecular flexibility index (Phi) is 4.24. The highest BCUT2D eigenvalue weighted by atomic mass is 16.5. The molecule has 90 valence electrons. The van der Waals surface area contributed by atoms with Crippen molar-refractivity contribution in [2.75, 3.05) is 56.9 Å². The van der Waals surface area contributed by atoms with E-state index in [2.05, 4.69) is 15.0 Å². The van der Waals surface area contributed by atoms with Crippen molar-refractivity contribution in [1.82, 2.24) is 15.0 Å². The zero-order valence-corrected chi connectivity index (χ0v) is 10.1. The van der Waals surface area contributed by atoms with Gasteiger partial charge in [0.1, 0.15) is 0 Å². The van der Waals surface area contributed by atoms with Crippen LogP contribution in [-0.2, 0) is 4.74 Å². The zero-order chi connectivity index (χ0) is 12.1. The molecule has 0 spiro atoms. The van der Waals surface area contributed by atoms with E-state index in [4.69, 9.17) is 10.5 Å². The van der Waals surface area contributed by atoms with Gasteiger partial charge in [-0.15, -0.1) is 0 Å². The predicted molar refractivity (Wildman–Crippen MR) is 63.7 cm³/mol. The molecule has 0 aliphatic heterocycles. The van der Waals surface area contributed by atoms with Gasteiger partial charge in [-0.2, -0.15) is 15.0 Å². The van der Waals surface area contributed by atoms with Crippen molar-refractivity contribution in [2.45, 2.75) is 0 Å². The van der Waals surface area contributed by atoms with E-state index in [9.17, 15) is 0 Å². The maximum atomic E-state index is 5.62. The summed E-state index contributed by atoms with van der Waals surface area (Å²) in [5, 5.41) is 0. The molecular formula is C9H18N6O. The predicted octanol–water partition coefficient (Wildman–Crippen LogP) is -0.398. The SMILES string of the molecule is COCCN(C)c1nc(N)nc(N(C)C)n1. The number of hydrogen-bond acceptors (Lipinski definition) is 7. The molecule has 1 rings (SSSR count). The summed E-state index contributed by atoms with van der Waals surface area (Å²) < 4.78 is 4.99. The highest BCUT2D eigenvalue weighted by Gasteiger charge is 2.09. The van der Waals surface area contributed by atoms with Crippen molar-refractivity contribution in [2.24, 2.45) is 0 Å². The molecule has 0 aliphatic rings. The Balaban J connectivity index is 2.86. The number of nitrogens with zero attached hydrogens (tertiary/aromatic N) is 5. The molecule has 0 radical (unpaired) electrons. The maximum absolute atomic E-state index is 5.62. The summed E-state index contributed by atoms with van der Waals surface area (Å²) in [6, 6.07) is 0. The Morgan fingerprint density at radius 2 is 1.75 bits per heavy atom. The van der Waals surface area contributed by atoms with E-state index in [0.717, 1.165) is 0 Å². The second-order valence-electron chi connectivity index (χ2n) is 3.60. The van der Waals surface area contributed by atoms with Crippen molar-refractivity contribution in [3.8, 4) is 0 Å². The van der Waals surface area contributed by atoms with E-state index in [1.165, 1.54) is 0 Å². The van der Waals surface area contributed by atoms with Gasteiger partial charge in [0, 0.05) is 34.8 Å². The molecular weight excluding hydrogens is 208 g/mol. The average molecular weight is 226 g/mol. The third kappa shape index (κ3) is 3.20. The minimum Gasteiger partial charge on any atom is -0.383 e. The maximum Gasteiger partial charge on any atom is 0.231 e. The molecule has 1 heterocycles. The summed E-state index contributed by atoms with van der Waals surface area (Å²) in [4.78, 5) is 16.0. The van der Waals surface area contributed by atoms with Crippen molar-refractivity contribution in [3.05, 3.63) is 0 Å². The van der Waals surface area contributed by atoms with E-state index in [-0.39, 0.29) is 5.95 Å². The summed E-state index contributed by atoms with van der Waals surface area (Å²) in [7, 11) is 7.25. The Morgan fingerprint density at radius 3 is 2.31 bits per heavy atom. The lowest BCUT2D eigenvalue weighted by Gasteiger charge is -2.18. The molecule has 7 heteroatoms. The van der Waals surface area contributed by atoms with Crippen LogP contribution in [0.25, 0.3) is 0 Å². The number of aromatic nitrogens is 3. The first-order chi connectivity index (χ1) is 7.54. The highest BCUT2D eigenvalue weighted by Crippen LogP contribution is 2.11. The van der Waals surface area contributed by atoms with Crippen LogP contribution in [0.3, 0.4) is 0 Å². The second-order valence-corrected chi connectivity index (χ2v) is 3.60. The fraction of sp³-hybridized carbons (Fsp3) is 0.667. The third-order valence-electron chi connectivity index (χ3n) is 2.00. The Hall–Kier alpha value is -1.63. The molecule has 0 amide bonds. The van der Waals surface area contributed by atoms with Crippen molar-refractivity contribution in [3.63, 3.8) is 0 Å². The summed E-state index contributed by atoms with van der Waals surface area (Å²) >= 11 is 0. The van der Waals surface area contributed by atoms with E-state index in [1.807, 2.05) is 26.0 Å². The quantitative estimate of drug-likeness (QED) is 0.731. The number of likely N-dealkylation sites (N-methyl/N-ethyl adjacent to an activating group) is 1. The molecule has 0 saturated heterocycles. The standard InChI is InChI=1S/C9H18N6O/c1-14(2)8-11-7(10)12-9(13-8)15(3)5-6-16-4/h5-6H2,1-4H3,(H2,10,11,12,13). The lowest BCUT2D eigenvalue weighted by molar-refractivity contribution is 0.206. The van der Waals surface area contributed by atoms with Gasteiger partial charge in [0.25, 0.3) is 0 Å². The first kappa shape index (κ1) is 12.4. The van der Waals surface area contributed by atoms with E-state index in [0.29, 0.717) is 25.0 Å². The van der Waals surface area contributed by atoms with E-state index in [1.54, 1.807) is 12.0 Å². The summed E-state index contributed by atoms with van der Waals surface area (Å²) in [5.74, 6) is 1.32. The first-order valence-corrected chi connectivity index (χ1v) is 4.93. The van der Waals surface area contributed by atoms with Crippen molar-refractivity contribution >= 4 is 17.8 Å². The number of methoxy groups -OCH3 is 1. The van der Waals surface area contributed by atoms with E-state index < -0.39 is 0 Å². The molecule has 16 heavy (non-hydrogen) atoms. The smallest absolute Gasteiger partial charge is 0.231 e. The molecule has 0 aromatic carbocycles. The molecule has 0 atom stereocenters. The molecule has 1 aromatic rings. The fourth-order valence-electron chi connectivity index (χ4n) is 1.07. The number of ether oxygens (including phenoxy) is 1. The monoisotopic (exact) mass is 226 g/mol. The van der Waals surface area contributed by atoms with Gasteiger partial charge in [0.2, 0.25) is 17.8 Å². The average Bonchev–Trinajstić information content (AvgIpc) is 2.24. The van der Waals surface area contributed by atoms with Gasteiger partial charge < -0.3 is 20.3 Å². The lowest BCUT2D eigenvalue weighted by Crippen LogP contribution is -2.26. The summed E-state index contributed by atoms with van der Waals surface area (Å²) in [5.41, 5.74) is 5.62. The van der Waals surface area contributed by atoms with Gasteiger partial charge in [-0.1, -0.05) is 0 Å². The zero-order valence-electron chi connectivity index (χ0n) is 10.1. The number of nitrogen functional groups attached to an aromatic ring is 1. The summed E-state index contributed by atoms with van der Waals surface area (Å²) in [6.45, 7) is 1.31. The van der Waals surface area contributed by atoms with Crippen LogP contribution in [0.1, 0.15) is 0 Å². The normalized spacial score (nSPS) is 10.2. The van der Waals surface area contributed by atoms with Crippen LogP contribution in [-0.4, -0.2) is 56.4 Å². The highest BCUT2D eigenvalue weighted by molar-refractivity contribution is 5.42. The molecule has 7 nitrogen and oxygen atoms in total. The van der Waals surface area contributed by atoms with E-state index >= 15 is 0 Å². The van der Waals surface area contributed by atoms with Crippen LogP contribution >= 0.6 is 0 Å².